The molecule has 1 N–H and O–H groups in total. The Labute approximate surface area is 257 Å². The third kappa shape index (κ3) is 8.61. The summed E-state index contributed by atoms with van der Waals surface area (Å²) >= 11 is 18.6. The molecule has 11 heteroatoms. The molecule has 1 unspecified atom stereocenters. The Morgan fingerprint density at radius 3 is 2.12 bits per heavy atom. The van der Waals surface area contributed by atoms with Crippen LogP contribution in [0.4, 0.5) is 5.69 Å². The van der Waals surface area contributed by atoms with Gasteiger partial charge >= 0.3 is 0 Å². The van der Waals surface area contributed by atoms with Crippen molar-refractivity contribution in [1.82, 2.24) is 10.2 Å². The molecule has 0 aliphatic carbocycles. The molecule has 0 bridgehead atoms. The molecule has 41 heavy (non-hydrogen) atoms. The highest BCUT2D eigenvalue weighted by atomic mass is 35.5. The Balaban J connectivity index is 2.05. The molecule has 0 radical (unpaired) electrons. The molecule has 0 saturated carbocycles. The summed E-state index contributed by atoms with van der Waals surface area (Å²) in [5.74, 6) is -0.891. The number of unbranched alkanes of at least 4 members (excludes halogenated alkanes) is 1. The summed E-state index contributed by atoms with van der Waals surface area (Å²) in [4.78, 5) is 28.8. The number of nitrogens with zero attached hydrogens (tertiary/aromatic N) is 2. The standard InChI is InChI=1S/C30H34Cl3N3O4S/c1-4-6-17-34-30(38)28(5-2)35(19-22-9-10-24(32)18-27(22)33)29(37)20-36(25-13-11-23(31)12-14-25)41(39,40)26-15-7-21(3)8-16-26/h7-16,18,28H,4-6,17,19-20H2,1-3H3,(H,34,38). The number of hydrogen-bond acceptors (Lipinski definition) is 4. The summed E-state index contributed by atoms with van der Waals surface area (Å²) in [6.45, 7) is 5.56. The van der Waals surface area contributed by atoms with Crippen molar-refractivity contribution < 1.29 is 18.0 Å². The van der Waals surface area contributed by atoms with Crippen LogP contribution < -0.4 is 9.62 Å². The number of nitrogens with one attached hydrogen (secondary N) is 1. The molecule has 7 nitrogen and oxygen atoms in total. The third-order valence-corrected chi connectivity index (χ3v) is 9.20. The van der Waals surface area contributed by atoms with Gasteiger partial charge in [0.15, 0.2) is 0 Å². The van der Waals surface area contributed by atoms with Crippen molar-refractivity contribution in [3.05, 3.63) is 92.9 Å². The van der Waals surface area contributed by atoms with Crippen LogP contribution in [0.1, 0.15) is 44.2 Å². The van der Waals surface area contributed by atoms with E-state index in [1.54, 1.807) is 49.4 Å². The van der Waals surface area contributed by atoms with Crippen LogP contribution in [0.25, 0.3) is 0 Å². The van der Waals surface area contributed by atoms with E-state index in [1.165, 1.54) is 29.2 Å². The smallest absolute Gasteiger partial charge is 0.264 e. The lowest BCUT2D eigenvalue weighted by molar-refractivity contribution is -0.140. The summed E-state index contributed by atoms with van der Waals surface area (Å²) in [7, 11) is -4.17. The van der Waals surface area contributed by atoms with Crippen LogP contribution in [-0.2, 0) is 26.2 Å². The molecule has 0 aliphatic heterocycles. The van der Waals surface area contributed by atoms with Crippen molar-refractivity contribution >= 4 is 62.3 Å². The van der Waals surface area contributed by atoms with Crippen molar-refractivity contribution in [3.63, 3.8) is 0 Å². The van der Waals surface area contributed by atoms with E-state index in [0.717, 1.165) is 22.7 Å². The first-order chi connectivity index (χ1) is 19.5. The highest BCUT2D eigenvalue weighted by Crippen LogP contribution is 2.28. The van der Waals surface area contributed by atoms with Gasteiger partial charge in [0.05, 0.1) is 10.6 Å². The Kier molecular flexibility index (Phi) is 11.9. The number of hydrogen-bond donors (Lipinski definition) is 1. The predicted molar refractivity (Wildman–Crippen MR) is 166 cm³/mol. The van der Waals surface area contributed by atoms with E-state index in [1.807, 2.05) is 13.8 Å². The second-order valence-electron chi connectivity index (χ2n) is 9.63. The van der Waals surface area contributed by atoms with Crippen molar-refractivity contribution in [3.8, 4) is 0 Å². The van der Waals surface area contributed by atoms with Gasteiger partial charge in [-0.1, -0.05) is 78.8 Å². The van der Waals surface area contributed by atoms with Gasteiger partial charge in [0.25, 0.3) is 10.0 Å². The predicted octanol–water partition coefficient (Wildman–Crippen LogP) is 6.87. The first kappa shape index (κ1) is 32.7. The van der Waals surface area contributed by atoms with Crippen LogP contribution in [-0.4, -0.2) is 44.3 Å². The van der Waals surface area contributed by atoms with E-state index in [2.05, 4.69) is 5.32 Å². The average Bonchev–Trinajstić information content (AvgIpc) is 2.93. The van der Waals surface area contributed by atoms with E-state index in [-0.39, 0.29) is 23.0 Å². The number of anilines is 1. The van der Waals surface area contributed by atoms with Crippen molar-refractivity contribution in [2.75, 3.05) is 17.4 Å². The van der Waals surface area contributed by atoms with Gasteiger partial charge in [-0.3, -0.25) is 13.9 Å². The highest BCUT2D eigenvalue weighted by molar-refractivity contribution is 7.92. The summed E-state index contributed by atoms with van der Waals surface area (Å²) in [6, 6.07) is 16.6. The molecule has 220 valence electrons. The first-order valence-electron chi connectivity index (χ1n) is 13.3. The van der Waals surface area contributed by atoms with Crippen molar-refractivity contribution in [2.24, 2.45) is 0 Å². The molecule has 0 aromatic heterocycles. The second kappa shape index (κ2) is 14.9. The van der Waals surface area contributed by atoms with Crippen LogP contribution >= 0.6 is 34.8 Å². The van der Waals surface area contributed by atoms with Gasteiger partial charge in [-0.2, -0.15) is 0 Å². The van der Waals surface area contributed by atoms with Gasteiger partial charge in [0.2, 0.25) is 11.8 Å². The number of carbonyl (C=O) groups is 2. The summed E-state index contributed by atoms with van der Waals surface area (Å²) in [5.41, 5.74) is 1.72. The Morgan fingerprint density at radius 2 is 1.54 bits per heavy atom. The molecular formula is C30H34Cl3N3O4S. The number of amides is 2. The van der Waals surface area contributed by atoms with Crippen molar-refractivity contribution in [2.45, 2.75) is 57.5 Å². The zero-order valence-corrected chi connectivity index (χ0v) is 26.3. The number of carbonyl (C=O) groups excluding carboxylic acids is 2. The molecule has 0 heterocycles. The Morgan fingerprint density at radius 1 is 0.902 bits per heavy atom. The van der Waals surface area contributed by atoms with Gasteiger partial charge in [-0.15, -0.1) is 0 Å². The van der Waals surface area contributed by atoms with E-state index < -0.39 is 28.5 Å². The zero-order chi connectivity index (χ0) is 30.2. The minimum Gasteiger partial charge on any atom is -0.354 e. The number of aryl methyl sites for hydroxylation is 1. The highest BCUT2D eigenvalue weighted by Gasteiger charge is 2.34. The maximum atomic E-state index is 14.1. The molecule has 3 rings (SSSR count). The normalized spacial score (nSPS) is 12.0. The van der Waals surface area contributed by atoms with Gasteiger partial charge < -0.3 is 10.2 Å². The summed E-state index contributed by atoms with van der Waals surface area (Å²) in [5, 5.41) is 4.08. The molecule has 0 aliphatic rings. The molecule has 0 fully saturated rings. The van der Waals surface area contributed by atoms with E-state index in [0.29, 0.717) is 33.6 Å². The Bertz CT molecular complexity index is 1450. The fourth-order valence-electron chi connectivity index (χ4n) is 4.23. The molecule has 3 aromatic carbocycles. The van der Waals surface area contributed by atoms with Crippen molar-refractivity contribution in [1.29, 1.82) is 0 Å². The maximum Gasteiger partial charge on any atom is 0.264 e. The third-order valence-electron chi connectivity index (χ3n) is 6.57. The van der Waals surface area contributed by atoms with Crippen LogP contribution in [0, 0.1) is 6.92 Å². The number of halogens is 3. The number of sulfonamides is 1. The maximum absolute atomic E-state index is 14.1. The SMILES string of the molecule is CCCCNC(=O)C(CC)N(Cc1ccc(Cl)cc1Cl)C(=O)CN(c1ccc(Cl)cc1)S(=O)(=O)c1ccc(C)cc1. The van der Waals surface area contributed by atoms with Crippen LogP contribution in [0.5, 0.6) is 0 Å². The van der Waals surface area contributed by atoms with Gasteiger partial charge in [-0.05, 0) is 73.9 Å². The monoisotopic (exact) mass is 637 g/mol. The topological polar surface area (TPSA) is 86.8 Å². The molecule has 1 atom stereocenters. The molecule has 3 aromatic rings. The fourth-order valence-corrected chi connectivity index (χ4v) is 6.24. The number of benzene rings is 3. The van der Waals surface area contributed by atoms with E-state index in [9.17, 15) is 18.0 Å². The lowest BCUT2D eigenvalue weighted by Crippen LogP contribution is -2.52. The minimum atomic E-state index is -4.17. The Hall–Kier alpha value is -2.78. The fraction of sp³-hybridized carbons (Fsp3) is 0.333. The lowest BCUT2D eigenvalue weighted by atomic mass is 10.1. The lowest BCUT2D eigenvalue weighted by Gasteiger charge is -2.33. The molecular weight excluding hydrogens is 605 g/mol. The molecule has 2 amide bonds. The van der Waals surface area contributed by atoms with Crippen LogP contribution in [0.3, 0.4) is 0 Å². The first-order valence-corrected chi connectivity index (χ1v) is 15.9. The largest absolute Gasteiger partial charge is 0.354 e. The summed E-state index contributed by atoms with van der Waals surface area (Å²) in [6.07, 6.45) is 1.99. The van der Waals surface area contributed by atoms with Crippen LogP contribution in [0.15, 0.2) is 71.6 Å². The summed E-state index contributed by atoms with van der Waals surface area (Å²) < 4.78 is 28.8. The second-order valence-corrected chi connectivity index (χ2v) is 12.8. The average molecular weight is 639 g/mol. The zero-order valence-electron chi connectivity index (χ0n) is 23.2. The quantitative estimate of drug-likeness (QED) is 0.207. The molecule has 0 spiro atoms. The molecule has 0 saturated heterocycles. The minimum absolute atomic E-state index is 0.0203. The van der Waals surface area contributed by atoms with Gasteiger partial charge in [0, 0.05) is 28.2 Å². The van der Waals surface area contributed by atoms with Gasteiger partial charge in [-0.25, -0.2) is 8.42 Å². The van der Waals surface area contributed by atoms with Gasteiger partial charge in [0.1, 0.15) is 12.6 Å². The van der Waals surface area contributed by atoms with Crippen LogP contribution in [0.2, 0.25) is 15.1 Å². The van der Waals surface area contributed by atoms with E-state index >= 15 is 0 Å². The van der Waals surface area contributed by atoms with E-state index in [4.69, 9.17) is 34.8 Å². The number of rotatable bonds is 13.